The summed E-state index contributed by atoms with van der Waals surface area (Å²) < 4.78 is 62.2. The van der Waals surface area contributed by atoms with Crippen molar-refractivity contribution in [3.8, 4) is 11.5 Å². The van der Waals surface area contributed by atoms with Crippen LogP contribution < -0.4 is 18.9 Å². The summed E-state index contributed by atoms with van der Waals surface area (Å²) >= 11 is 0. The van der Waals surface area contributed by atoms with Gasteiger partial charge in [0.15, 0.2) is 11.5 Å². The maximum absolute atomic E-state index is 12.3. The second-order valence-corrected chi connectivity index (χ2v) is 8.93. The second-order valence-electron chi connectivity index (χ2n) is 5.41. The first-order chi connectivity index (χ1) is 11.7. The van der Waals surface area contributed by atoms with E-state index in [0.717, 1.165) is 11.8 Å². The summed E-state index contributed by atoms with van der Waals surface area (Å²) in [6.07, 6.45) is 1.02. The number of benzene rings is 2. The van der Waals surface area contributed by atoms with E-state index in [2.05, 4.69) is 9.44 Å². The molecule has 0 saturated carbocycles. The van der Waals surface area contributed by atoms with Gasteiger partial charge < -0.3 is 9.47 Å². The van der Waals surface area contributed by atoms with Crippen LogP contribution in [-0.4, -0.2) is 29.9 Å². The molecule has 0 spiro atoms. The standard InChI is InChI=1S/C15H16N2O6S2/c1-24(18,19)17-12-3-5-13(6-4-12)25(20,21)16-9-11-2-7-14-15(8-11)23-10-22-14/h2-8,16-17H,9-10H2,1H3. The first kappa shape index (κ1) is 17.5. The summed E-state index contributed by atoms with van der Waals surface area (Å²) in [6.45, 7) is 0.237. The summed E-state index contributed by atoms with van der Waals surface area (Å²) in [5, 5.41) is 0. The van der Waals surface area contributed by atoms with Crippen LogP contribution in [0, 0.1) is 0 Å². The van der Waals surface area contributed by atoms with Gasteiger partial charge in [-0.15, -0.1) is 0 Å². The lowest BCUT2D eigenvalue weighted by molar-refractivity contribution is 0.174. The minimum atomic E-state index is -3.73. The predicted molar refractivity (Wildman–Crippen MR) is 91.5 cm³/mol. The number of nitrogens with one attached hydrogen (secondary N) is 2. The Labute approximate surface area is 145 Å². The van der Waals surface area contributed by atoms with Gasteiger partial charge in [-0.1, -0.05) is 6.07 Å². The number of hydrogen-bond acceptors (Lipinski definition) is 6. The zero-order valence-corrected chi connectivity index (χ0v) is 14.9. The molecule has 8 nitrogen and oxygen atoms in total. The molecule has 0 atom stereocenters. The average Bonchev–Trinajstić information content (AvgIpc) is 2.99. The van der Waals surface area contributed by atoms with Gasteiger partial charge in [0, 0.05) is 12.2 Å². The number of fused-ring (bicyclic) bond motifs is 1. The van der Waals surface area contributed by atoms with Crippen LogP contribution in [0.15, 0.2) is 47.4 Å². The molecule has 0 amide bonds. The molecule has 25 heavy (non-hydrogen) atoms. The highest BCUT2D eigenvalue weighted by Gasteiger charge is 2.16. The van der Waals surface area contributed by atoms with E-state index in [-0.39, 0.29) is 23.9 Å². The molecule has 2 N–H and O–H groups in total. The van der Waals surface area contributed by atoms with Crippen molar-refractivity contribution in [2.45, 2.75) is 11.4 Å². The Balaban J connectivity index is 1.69. The fourth-order valence-electron chi connectivity index (χ4n) is 2.23. The lowest BCUT2D eigenvalue weighted by Crippen LogP contribution is -2.23. The molecule has 3 rings (SSSR count). The van der Waals surface area contributed by atoms with Crippen LogP contribution in [-0.2, 0) is 26.6 Å². The Morgan fingerprint density at radius 1 is 0.960 bits per heavy atom. The van der Waals surface area contributed by atoms with E-state index < -0.39 is 20.0 Å². The SMILES string of the molecule is CS(=O)(=O)Nc1ccc(S(=O)(=O)NCc2ccc3c(c2)OCO3)cc1. The molecule has 0 fully saturated rings. The minimum Gasteiger partial charge on any atom is -0.454 e. The van der Waals surface area contributed by atoms with Crippen LogP contribution in [0.1, 0.15) is 5.56 Å². The highest BCUT2D eigenvalue weighted by molar-refractivity contribution is 7.92. The summed E-state index contributed by atoms with van der Waals surface area (Å²) in [7, 11) is -7.15. The normalized spacial score (nSPS) is 13.6. The molecule has 0 bridgehead atoms. The van der Waals surface area contributed by atoms with E-state index in [1.165, 1.54) is 24.3 Å². The summed E-state index contributed by atoms with van der Waals surface area (Å²) in [5.74, 6) is 1.20. The highest BCUT2D eigenvalue weighted by Crippen LogP contribution is 2.32. The zero-order valence-electron chi connectivity index (χ0n) is 13.2. The molecule has 10 heteroatoms. The molecule has 2 aromatic rings. The van der Waals surface area contributed by atoms with E-state index >= 15 is 0 Å². The number of anilines is 1. The quantitative estimate of drug-likeness (QED) is 0.776. The van der Waals surface area contributed by atoms with Gasteiger partial charge in [0.2, 0.25) is 26.8 Å². The van der Waals surface area contributed by atoms with Crippen molar-refractivity contribution in [3.05, 3.63) is 48.0 Å². The van der Waals surface area contributed by atoms with Crippen LogP contribution in [0.25, 0.3) is 0 Å². The van der Waals surface area contributed by atoms with Crippen molar-refractivity contribution < 1.29 is 26.3 Å². The Morgan fingerprint density at radius 3 is 2.32 bits per heavy atom. The van der Waals surface area contributed by atoms with E-state index in [1.807, 2.05) is 0 Å². The third-order valence-corrected chi connectivity index (χ3v) is 5.39. The second kappa shape index (κ2) is 6.54. The molecule has 0 radical (unpaired) electrons. The molecule has 0 saturated heterocycles. The molecule has 1 aliphatic rings. The summed E-state index contributed by atoms with van der Waals surface area (Å²) in [4.78, 5) is 0.0345. The third kappa shape index (κ3) is 4.41. The maximum Gasteiger partial charge on any atom is 0.240 e. The molecule has 1 heterocycles. The molecular weight excluding hydrogens is 368 g/mol. The number of sulfonamides is 2. The molecule has 1 aliphatic heterocycles. The predicted octanol–water partition coefficient (Wildman–Crippen LogP) is 1.27. The Hall–Kier alpha value is -2.30. The van der Waals surface area contributed by atoms with E-state index in [9.17, 15) is 16.8 Å². The summed E-state index contributed by atoms with van der Waals surface area (Å²) in [6, 6.07) is 10.6. The molecule has 0 unspecified atom stereocenters. The topological polar surface area (TPSA) is 111 Å². The monoisotopic (exact) mass is 384 g/mol. The highest BCUT2D eigenvalue weighted by atomic mass is 32.2. The lowest BCUT2D eigenvalue weighted by atomic mass is 10.2. The van der Waals surface area contributed by atoms with Crippen LogP contribution in [0.4, 0.5) is 5.69 Å². The van der Waals surface area contributed by atoms with Gasteiger partial charge in [0.1, 0.15) is 0 Å². The molecule has 0 aliphatic carbocycles. The molecule has 2 aromatic carbocycles. The Morgan fingerprint density at radius 2 is 1.64 bits per heavy atom. The van der Waals surface area contributed by atoms with E-state index in [1.54, 1.807) is 18.2 Å². The third-order valence-electron chi connectivity index (χ3n) is 3.37. The van der Waals surface area contributed by atoms with Crippen LogP contribution in [0.2, 0.25) is 0 Å². The van der Waals surface area contributed by atoms with Crippen LogP contribution >= 0.6 is 0 Å². The smallest absolute Gasteiger partial charge is 0.240 e. The van der Waals surface area contributed by atoms with Crippen molar-refractivity contribution in [2.24, 2.45) is 0 Å². The largest absolute Gasteiger partial charge is 0.454 e. The molecular formula is C15H16N2O6S2. The van der Waals surface area contributed by atoms with Gasteiger partial charge in [-0.05, 0) is 42.0 Å². The van der Waals surface area contributed by atoms with Gasteiger partial charge in [0.25, 0.3) is 0 Å². The van der Waals surface area contributed by atoms with Gasteiger partial charge >= 0.3 is 0 Å². The number of hydrogen-bond donors (Lipinski definition) is 2. The van der Waals surface area contributed by atoms with E-state index in [0.29, 0.717) is 11.5 Å². The first-order valence-electron chi connectivity index (χ1n) is 7.19. The number of rotatable bonds is 6. The summed E-state index contributed by atoms with van der Waals surface area (Å²) in [5.41, 5.74) is 1.01. The fourth-order valence-corrected chi connectivity index (χ4v) is 3.81. The zero-order chi connectivity index (χ0) is 18.1. The molecule has 0 aromatic heterocycles. The lowest BCUT2D eigenvalue weighted by Gasteiger charge is -2.09. The molecule has 134 valence electrons. The van der Waals surface area contributed by atoms with Crippen molar-refractivity contribution >= 4 is 25.7 Å². The fraction of sp³-hybridized carbons (Fsp3) is 0.200. The van der Waals surface area contributed by atoms with Gasteiger partial charge in [0.05, 0.1) is 11.2 Å². The van der Waals surface area contributed by atoms with Crippen molar-refractivity contribution in [3.63, 3.8) is 0 Å². The van der Waals surface area contributed by atoms with Crippen molar-refractivity contribution in [2.75, 3.05) is 17.8 Å². The van der Waals surface area contributed by atoms with Crippen LogP contribution in [0.3, 0.4) is 0 Å². The van der Waals surface area contributed by atoms with Gasteiger partial charge in [-0.2, -0.15) is 0 Å². The van der Waals surface area contributed by atoms with E-state index in [4.69, 9.17) is 9.47 Å². The van der Waals surface area contributed by atoms with Crippen molar-refractivity contribution in [1.29, 1.82) is 0 Å². The van der Waals surface area contributed by atoms with Crippen molar-refractivity contribution in [1.82, 2.24) is 4.72 Å². The number of ether oxygens (including phenoxy) is 2. The maximum atomic E-state index is 12.3. The Bertz CT molecular complexity index is 985. The minimum absolute atomic E-state index is 0.0345. The first-order valence-corrected chi connectivity index (χ1v) is 10.6. The van der Waals surface area contributed by atoms with Gasteiger partial charge in [-0.3, -0.25) is 4.72 Å². The average molecular weight is 384 g/mol. The van der Waals surface area contributed by atoms with Gasteiger partial charge in [-0.25, -0.2) is 21.6 Å². The Kier molecular flexibility index (Phi) is 4.58. The van der Waals surface area contributed by atoms with Crippen LogP contribution in [0.5, 0.6) is 11.5 Å².